The highest BCUT2D eigenvalue weighted by molar-refractivity contribution is 6.33. The number of carbonyl (C=O) groups is 1. The Bertz CT molecular complexity index is 954. The van der Waals surface area contributed by atoms with Crippen molar-refractivity contribution >= 4 is 17.5 Å². The molecule has 0 radical (unpaired) electrons. The van der Waals surface area contributed by atoms with Crippen molar-refractivity contribution in [3.05, 3.63) is 71.2 Å². The highest BCUT2D eigenvalue weighted by atomic mass is 35.5. The zero-order valence-electron chi connectivity index (χ0n) is 16.2. The minimum absolute atomic E-state index is 0.0101. The number of para-hydroxylation sites is 1. The molecular formula is C22H23ClN2O3. The number of aryl methyl sites for hydroxylation is 1. The summed E-state index contributed by atoms with van der Waals surface area (Å²) < 4.78 is 11.2. The van der Waals surface area contributed by atoms with Gasteiger partial charge in [0.05, 0.1) is 24.4 Å². The van der Waals surface area contributed by atoms with Crippen LogP contribution in [0.15, 0.2) is 59.1 Å². The van der Waals surface area contributed by atoms with Crippen LogP contribution in [-0.4, -0.2) is 29.9 Å². The zero-order valence-corrected chi connectivity index (χ0v) is 16.9. The first-order valence-corrected chi connectivity index (χ1v) is 9.47. The molecule has 1 amide bonds. The maximum absolute atomic E-state index is 12.7. The van der Waals surface area contributed by atoms with Gasteiger partial charge in [0.25, 0.3) is 0 Å². The third-order valence-electron chi connectivity index (χ3n) is 4.81. The first-order chi connectivity index (χ1) is 13.5. The SMILES string of the molecule is COc1ccccc1C(C)N(C)C(=O)CCc1ncc(-c2ccccc2Cl)o1. The quantitative estimate of drug-likeness (QED) is 0.551. The van der Waals surface area contributed by atoms with Crippen molar-refractivity contribution in [1.82, 2.24) is 9.88 Å². The largest absolute Gasteiger partial charge is 0.496 e. The molecule has 3 rings (SSSR count). The average Bonchev–Trinajstić information content (AvgIpc) is 3.20. The fraction of sp³-hybridized carbons (Fsp3) is 0.273. The van der Waals surface area contributed by atoms with Crippen molar-refractivity contribution in [2.24, 2.45) is 0 Å². The summed E-state index contributed by atoms with van der Waals surface area (Å²) in [6.45, 7) is 1.98. The van der Waals surface area contributed by atoms with Gasteiger partial charge in [0.15, 0.2) is 11.7 Å². The molecule has 0 aliphatic heterocycles. The molecule has 0 N–H and O–H groups in total. The Morgan fingerprint density at radius 3 is 2.68 bits per heavy atom. The van der Waals surface area contributed by atoms with E-state index in [2.05, 4.69) is 4.98 Å². The van der Waals surface area contributed by atoms with Gasteiger partial charge in [0, 0.05) is 31.0 Å². The number of halogens is 1. The van der Waals surface area contributed by atoms with Crippen LogP contribution in [0.5, 0.6) is 5.75 Å². The van der Waals surface area contributed by atoms with Gasteiger partial charge in [-0.3, -0.25) is 4.79 Å². The molecule has 0 aliphatic rings. The lowest BCUT2D eigenvalue weighted by Gasteiger charge is -2.26. The Hall–Kier alpha value is -2.79. The van der Waals surface area contributed by atoms with Crippen molar-refractivity contribution in [3.8, 4) is 17.1 Å². The Morgan fingerprint density at radius 1 is 1.21 bits per heavy atom. The fourth-order valence-corrected chi connectivity index (χ4v) is 3.27. The monoisotopic (exact) mass is 398 g/mol. The Labute approximate surface area is 169 Å². The maximum Gasteiger partial charge on any atom is 0.223 e. The van der Waals surface area contributed by atoms with Gasteiger partial charge in [-0.25, -0.2) is 4.98 Å². The van der Waals surface area contributed by atoms with Crippen molar-refractivity contribution in [1.29, 1.82) is 0 Å². The molecule has 0 saturated heterocycles. The second kappa shape index (κ2) is 8.93. The van der Waals surface area contributed by atoms with Crippen LogP contribution in [0.25, 0.3) is 11.3 Å². The molecule has 0 aliphatic carbocycles. The van der Waals surface area contributed by atoms with E-state index in [0.717, 1.165) is 16.9 Å². The summed E-state index contributed by atoms with van der Waals surface area (Å²) in [5.41, 5.74) is 1.76. The first-order valence-electron chi connectivity index (χ1n) is 9.09. The molecule has 1 unspecified atom stereocenters. The molecule has 1 heterocycles. The van der Waals surface area contributed by atoms with E-state index in [1.807, 2.05) is 49.4 Å². The fourth-order valence-electron chi connectivity index (χ4n) is 3.04. The van der Waals surface area contributed by atoms with Crippen LogP contribution in [0, 0.1) is 0 Å². The van der Waals surface area contributed by atoms with E-state index in [1.165, 1.54) is 0 Å². The smallest absolute Gasteiger partial charge is 0.223 e. The number of methoxy groups -OCH3 is 1. The van der Waals surface area contributed by atoms with Gasteiger partial charge in [0.2, 0.25) is 5.91 Å². The number of nitrogens with zero attached hydrogens (tertiary/aromatic N) is 2. The average molecular weight is 399 g/mol. The molecule has 1 atom stereocenters. The normalized spacial score (nSPS) is 11.9. The highest BCUT2D eigenvalue weighted by Crippen LogP contribution is 2.30. The predicted octanol–water partition coefficient (Wildman–Crippen LogP) is 5.16. The molecule has 146 valence electrons. The topological polar surface area (TPSA) is 55.6 Å². The van der Waals surface area contributed by atoms with Crippen molar-refractivity contribution in [2.45, 2.75) is 25.8 Å². The summed E-state index contributed by atoms with van der Waals surface area (Å²) in [7, 11) is 3.43. The van der Waals surface area contributed by atoms with Crippen LogP contribution in [-0.2, 0) is 11.2 Å². The van der Waals surface area contributed by atoms with E-state index in [1.54, 1.807) is 31.3 Å². The van der Waals surface area contributed by atoms with Gasteiger partial charge >= 0.3 is 0 Å². The summed E-state index contributed by atoms with van der Waals surface area (Å²) in [6.07, 6.45) is 2.37. The number of carbonyl (C=O) groups excluding carboxylic acids is 1. The molecule has 0 spiro atoms. The van der Waals surface area contributed by atoms with Crippen molar-refractivity contribution in [3.63, 3.8) is 0 Å². The number of oxazole rings is 1. The molecule has 6 heteroatoms. The third-order valence-corrected chi connectivity index (χ3v) is 5.14. The highest BCUT2D eigenvalue weighted by Gasteiger charge is 2.20. The molecule has 3 aromatic rings. The van der Waals surface area contributed by atoms with E-state index in [-0.39, 0.29) is 11.9 Å². The van der Waals surface area contributed by atoms with Gasteiger partial charge < -0.3 is 14.1 Å². The number of hydrogen-bond acceptors (Lipinski definition) is 4. The van der Waals surface area contributed by atoms with E-state index in [9.17, 15) is 4.79 Å². The van der Waals surface area contributed by atoms with E-state index in [4.69, 9.17) is 20.8 Å². The van der Waals surface area contributed by atoms with E-state index in [0.29, 0.717) is 29.5 Å². The molecule has 0 saturated carbocycles. The van der Waals surface area contributed by atoms with Crippen LogP contribution >= 0.6 is 11.6 Å². The summed E-state index contributed by atoms with van der Waals surface area (Å²) >= 11 is 6.20. The summed E-state index contributed by atoms with van der Waals surface area (Å²) in [5.74, 6) is 1.90. The van der Waals surface area contributed by atoms with Crippen LogP contribution in [0.1, 0.15) is 30.8 Å². The number of hydrogen-bond donors (Lipinski definition) is 0. The molecule has 28 heavy (non-hydrogen) atoms. The molecule has 2 aromatic carbocycles. The van der Waals surface area contributed by atoms with Crippen LogP contribution < -0.4 is 4.74 Å². The lowest BCUT2D eigenvalue weighted by atomic mass is 10.1. The summed E-state index contributed by atoms with van der Waals surface area (Å²) in [6, 6.07) is 15.0. The van der Waals surface area contributed by atoms with Crippen LogP contribution in [0.4, 0.5) is 0 Å². The minimum Gasteiger partial charge on any atom is -0.496 e. The molecule has 0 bridgehead atoms. The van der Waals surface area contributed by atoms with E-state index < -0.39 is 0 Å². The molecule has 1 aromatic heterocycles. The standard InChI is InChI=1S/C22H23ClN2O3/c1-15(16-8-5-7-11-19(16)27-3)25(2)22(26)13-12-21-24-14-20(28-21)17-9-4-6-10-18(17)23/h4-11,14-15H,12-13H2,1-3H3. The lowest BCUT2D eigenvalue weighted by Crippen LogP contribution is -2.30. The summed E-state index contributed by atoms with van der Waals surface area (Å²) in [4.78, 5) is 18.7. The van der Waals surface area contributed by atoms with Crippen LogP contribution in [0.3, 0.4) is 0 Å². The lowest BCUT2D eigenvalue weighted by molar-refractivity contribution is -0.131. The number of ether oxygens (including phenoxy) is 1. The third kappa shape index (κ3) is 4.37. The number of aromatic nitrogens is 1. The minimum atomic E-state index is -0.105. The van der Waals surface area contributed by atoms with Gasteiger partial charge in [-0.15, -0.1) is 0 Å². The van der Waals surface area contributed by atoms with Crippen LogP contribution in [0.2, 0.25) is 5.02 Å². The second-order valence-corrected chi connectivity index (χ2v) is 6.93. The van der Waals surface area contributed by atoms with Gasteiger partial charge in [0.1, 0.15) is 5.75 Å². The van der Waals surface area contributed by atoms with Gasteiger partial charge in [-0.1, -0.05) is 41.9 Å². The molecule has 0 fully saturated rings. The zero-order chi connectivity index (χ0) is 20.1. The van der Waals surface area contributed by atoms with Gasteiger partial charge in [-0.2, -0.15) is 0 Å². The Balaban J connectivity index is 1.63. The number of benzene rings is 2. The maximum atomic E-state index is 12.7. The number of amides is 1. The van der Waals surface area contributed by atoms with Crippen molar-refractivity contribution in [2.75, 3.05) is 14.2 Å². The first kappa shape index (κ1) is 20.0. The number of rotatable bonds is 7. The second-order valence-electron chi connectivity index (χ2n) is 6.52. The van der Waals surface area contributed by atoms with E-state index >= 15 is 0 Å². The predicted molar refractivity (Wildman–Crippen MR) is 109 cm³/mol. The van der Waals surface area contributed by atoms with Crippen molar-refractivity contribution < 1.29 is 13.9 Å². The Kier molecular flexibility index (Phi) is 6.37. The summed E-state index contributed by atoms with van der Waals surface area (Å²) in [5, 5.41) is 0.603. The Morgan fingerprint density at radius 2 is 1.93 bits per heavy atom. The van der Waals surface area contributed by atoms with Gasteiger partial charge in [-0.05, 0) is 25.1 Å². The molecular weight excluding hydrogens is 376 g/mol. The molecule has 5 nitrogen and oxygen atoms in total.